The third-order valence-electron chi connectivity index (χ3n) is 2.54. The van der Waals surface area contributed by atoms with Gasteiger partial charge in [-0.15, -0.1) is 0 Å². The van der Waals surface area contributed by atoms with E-state index in [1.807, 2.05) is 24.3 Å². The van der Waals surface area contributed by atoms with Crippen molar-refractivity contribution < 1.29 is 4.74 Å². The third-order valence-corrected chi connectivity index (χ3v) is 2.77. The Bertz CT molecular complexity index is 540. The molecule has 0 saturated carbocycles. The molecule has 2 aromatic carbocycles. The molecule has 2 rings (SSSR count). The van der Waals surface area contributed by atoms with Crippen LogP contribution >= 0.6 is 12.6 Å². The molecule has 0 N–H and O–H groups in total. The number of hydrogen-bond donors (Lipinski definition) is 1. The van der Waals surface area contributed by atoms with Gasteiger partial charge in [0.2, 0.25) is 0 Å². The van der Waals surface area contributed by atoms with Crippen LogP contribution in [0.1, 0.15) is 11.1 Å². The molecule has 0 heterocycles. The second-order valence-electron chi connectivity index (χ2n) is 3.86. The maximum atomic E-state index is 8.70. The lowest BCUT2D eigenvalue weighted by Crippen LogP contribution is -1.88. The second kappa shape index (κ2) is 6.13. The van der Waals surface area contributed by atoms with Crippen molar-refractivity contribution in [3.8, 4) is 17.6 Å². The minimum atomic E-state index is 0.631. The Hall–Kier alpha value is -1.92. The van der Waals surface area contributed by atoms with Crippen LogP contribution in [-0.2, 0) is 6.42 Å². The van der Waals surface area contributed by atoms with Gasteiger partial charge in [-0.25, -0.2) is 0 Å². The number of thiol groups is 1. The summed E-state index contributed by atoms with van der Waals surface area (Å²) in [6.45, 7) is 0. The van der Waals surface area contributed by atoms with Crippen LogP contribution in [0.15, 0.2) is 48.5 Å². The van der Waals surface area contributed by atoms with Crippen molar-refractivity contribution in [2.75, 3.05) is 5.75 Å². The Morgan fingerprint density at radius 3 is 2.00 bits per heavy atom. The minimum absolute atomic E-state index is 0.631. The molecule has 0 aliphatic heterocycles. The van der Waals surface area contributed by atoms with Crippen molar-refractivity contribution in [2.24, 2.45) is 0 Å². The number of nitriles is 1. The number of hydrogen-bond acceptors (Lipinski definition) is 3. The summed E-state index contributed by atoms with van der Waals surface area (Å²) in [6, 6.07) is 17.1. The molecule has 90 valence electrons. The molecular weight excluding hydrogens is 242 g/mol. The Labute approximate surface area is 112 Å². The van der Waals surface area contributed by atoms with Gasteiger partial charge in [-0.1, -0.05) is 12.1 Å². The van der Waals surface area contributed by atoms with Crippen molar-refractivity contribution in [1.82, 2.24) is 0 Å². The van der Waals surface area contributed by atoms with Gasteiger partial charge >= 0.3 is 0 Å². The lowest BCUT2D eigenvalue weighted by Gasteiger charge is -2.06. The zero-order chi connectivity index (χ0) is 12.8. The third kappa shape index (κ3) is 3.28. The monoisotopic (exact) mass is 255 g/mol. The predicted molar refractivity (Wildman–Crippen MR) is 75.2 cm³/mol. The van der Waals surface area contributed by atoms with E-state index < -0.39 is 0 Å². The Balaban J connectivity index is 2.06. The molecule has 0 fully saturated rings. The van der Waals surface area contributed by atoms with Crippen molar-refractivity contribution in [2.45, 2.75) is 6.42 Å². The van der Waals surface area contributed by atoms with Crippen molar-refractivity contribution in [3.05, 3.63) is 59.7 Å². The topological polar surface area (TPSA) is 33.0 Å². The van der Waals surface area contributed by atoms with E-state index in [1.165, 1.54) is 5.56 Å². The molecule has 0 unspecified atom stereocenters. The van der Waals surface area contributed by atoms with Gasteiger partial charge in [0.15, 0.2) is 0 Å². The zero-order valence-corrected chi connectivity index (χ0v) is 10.7. The molecule has 0 atom stereocenters. The van der Waals surface area contributed by atoms with Crippen LogP contribution in [-0.4, -0.2) is 5.75 Å². The van der Waals surface area contributed by atoms with Gasteiger partial charge in [-0.05, 0) is 54.1 Å². The quantitative estimate of drug-likeness (QED) is 0.842. The number of aryl methyl sites for hydroxylation is 1. The summed E-state index contributed by atoms with van der Waals surface area (Å²) in [6.07, 6.45) is 0.959. The molecule has 3 heteroatoms. The smallest absolute Gasteiger partial charge is 0.127 e. The summed E-state index contributed by atoms with van der Waals surface area (Å²) in [5, 5.41) is 8.70. The predicted octanol–water partition coefficient (Wildman–Crippen LogP) is 3.82. The Morgan fingerprint density at radius 2 is 1.50 bits per heavy atom. The molecule has 0 saturated heterocycles. The standard InChI is InChI=1S/C15H13NOS/c16-11-13-3-7-15(8-4-13)17-14-5-1-12(2-6-14)9-10-18/h1-8,18H,9-10H2. The van der Waals surface area contributed by atoms with Crippen LogP contribution in [0, 0.1) is 11.3 Å². The molecule has 0 aliphatic carbocycles. The summed E-state index contributed by atoms with van der Waals surface area (Å²) in [5.41, 5.74) is 1.88. The van der Waals surface area contributed by atoms with Gasteiger partial charge in [-0.3, -0.25) is 0 Å². The molecule has 0 aliphatic rings. The van der Waals surface area contributed by atoms with E-state index in [4.69, 9.17) is 10.00 Å². The summed E-state index contributed by atoms with van der Waals surface area (Å²) in [4.78, 5) is 0. The molecule has 0 bridgehead atoms. The molecule has 0 aromatic heterocycles. The van der Waals surface area contributed by atoms with Gasteiger partial charge in [0.1, 0.15) is 11.5 Å². The fraction of sp³-hybridized carbons (Fsp3) is 0.133. The highest BCUT2D eigenvalue weighted by Crippen LogP contribution is 2.22. The van der Waals surface area contributed by atoms with Crippen LogP contribution < -0.4 is 4.74 Å². The molecule has 2 aromatic rings. The van der Waals surface area contributed by atoms with Gasteiger partial charge in [-0.2, -0.15) is 17.9 Å². The van der Waals surface area contributed by atoms with Crippen molar-refractivity contribution in [3.63, 3.8) is 0 Å². The summed E-state index contributed by atoms with van der Waals surface area (Å²) in [5.74, 6) is 2.37. The molecule has 2 nitrogen and oxygen atoms in total. The molecular formula is C15H13NOS. The van der Waals surface area contributed by atoms with Gasteiger partial charge in [0.25, 0.3) is 0 Å². The molecule has 0 spiro atoms. The maximum absolute atomic E-state index is 8.70. The van der Waals surface area contributed by atoms with E-state index in [1.54, 1.807) is 24.3 Å². The Morgan fingerprint density at radius 1 is 0.944 bits per heavy atom. The lowest BCUT2D eigenvalue weighted by molar-refractivity contribution is 0.482. The summed E-state index contributed by atoms with van der Waals surface area (Å²) in [7, 11) is 0. The SMILES string of the molecule is N#Cc1ccc(Oc2ccc(CCS)cc2)cc1. The fourth-order valence-electron chi connectivity index (χ4n) is 1.59. The highest BCUT2D eigenvalue weighted by atomic mass is 32.1. The van der Waals surface area contributed by atoms with Crippen LogP contribution in [0.25, 0.3) is 0 Å². The second-order valence-corrected chi connectivity index (χ2v) is 4.30. The van der Waals surface area contributed by atoms with Crippen LogP contribution in [0.3, 0.4) is 0 Å². The zero-order valence-electron chi connectivity index (χ0n) is 9.84. The first kappa shape index (κ1) is 12.5. The summed E-state index contributed by atoms with van der Waals surface area (Å²) >= 11 is 4.20. The van der Waals surface area contributed by atoms with Crippen LogP contribution in [0.2, 0.25) is 0 Å². The van der Waals surface area contributed by atoms with Gasteiger partial charge < -0.3 is 4.74 Å². The number of benzene rings is 2. The first-order valence-electron chi connectivity index (χ1n) is 5.69. The maximum Gasteiger partial charge on any atom is 0.127 e. The van der Waals surface area contributed by atoms with E-state index in [2.05, 4.69) is 18.7 Å². The number of nitrogens with zero attached hydrogens (tertiary/aromatic N) is 1. The fourth-order valence-corrected chi connectivity index (χ4v) is 1.85. The van der Waals surface area contributed by atoms with E-state index in [0.29, 0.717) is 5.56 Å². The van der Waals surface area contributed by atoms with E-state index in [0.717, 1.165) is 23.7 Å². The number of ether oxygens (including phenoxy) is 1. The van der Waals surface area contributed by atoms with E-state index in [-0.39, 0.29) is 0 Å². The van der Waals surface area contributed by atoms with Gasteiger partial charge in [0, 0.05) is 0 Å². The lowest BCUT2D eigenvalue weighted by atomic mass is 10.2. The first-order chi connectivity index (χ1) is 8.81. The Kier molecular flexibility index (Phi) is 4.27. The van der Waals surface area contributed by atoms with Crippen LogP contribution in [0.5, 0.6) is 11.5 Å². The van der Waals surface area contributed by atoms with E-state index in [9.17, 15) is 0 Å². The molecule has 18 heavy (non-hydrogen) atoms. The minimum Gasteiger partial charge on any atom is -0.457 e. The average molecular weight is 255 g/mol. The average Bonchev–Trinajstić information content (AvgIpc) is 2.42. The largest absolute Gasteiger partial charge is 0.457 e. The van der Waals surface area contributed by atoms with E-state index >= 15 is 0 Å². The summed E-state index contributed by atoms with van der Waals surface area (Å²) < 4.78 is 5.68. The highest BCUT2D eigenvalue weighted by molar-refractivity contribution is 7.80. The molecule has 0 amide bonds. The van der Waals surface area contributed by atoms with Gasteiger partial charge in [0.05, 0.1) is 11.6 Å². The normalized spacial score (nSPS) is 9.78. The van der Waals surface area contributed by atoms with Crippen LogP contribution in [0.4, 0.5) is 0 Å². The first-order valence-corrected chi connectivity index (χ1v) is 6.33. The van der Waals surface area contributed by atoms with Crippen molar-refractivity contribution in [1.29, 1.82) is 5.26 Å². The number of rotatable bonds is 4. The highest BCUT2D eigenvalue weighted by Gasteiger charge is 1.98. The molecule has 0 radical (unpaired) electrons. The van der Waals surface area contributed by atoms with Crippen molar-refractivity contribution >= 4 is 12.6 Å².